The summed E-state index contributed by atoms with van der Waals surface area (Å²) in [6, 6.07) is 7.57. The van der Waals surface area contributed by atoms with Crippen molar-refractivity contribution >= 4 is 11.6 Å². The number of amides is 1. The lowest BCUT2D eigenvalue weighted by Crippen LogP contribution is -2.43. The summed E-state index contributed by atoms with van der Waals surface area (Å²) in [4.78, 5) is 16.3. The molecule has 1 aromatic heterocycles. The summed E-state index contributed by atoms with van der Waals surface area (Å²) in [5, 5.41) is 13.1. The number of hydrogen-bond acceptors (Lipinski definition) is 5. The van der Waals surface area contributed by atoms with E-state index in [1.165, 1.54) is 0 Å². The fourth-order valence-electron chi connectivity index (χ4n) is 2.36. The topological polar surface area (TPSA) is 91.9 Å². The first-order chi connectivity index (χ1) is 10.7. The molecule has 7 heteroatoms. The second-order valence-corrected chi connectivity index (χ2v) is 5.30. The number of morpholine rings is 1. The van der Waals surface area contributed by atoms with E-state index >= 15 is 0 Å². The highest BCUT2D eigenvalue weighted by molar-refractivity contribution is 5.91. The molecule has 1 fully saturated rings. The van der Waals surface area contributed by atoms with Gasteiger partial charge in [-0.05, 0) is 31.2 Å². The summed E-state index contributed by atoms with van der Waals surface area (Å²) in [5.74, 6) is 1.40. The number of nitrogens with one attached hydrogen (secondary N) is 3. The van der Waals surface area contributed by atoms with Gasteiger partial charge in [0.1, 0.15) is 5.82 Å². The molecule has 1 aliphatic rings. The molecule has 116 valence electrons. The van der Waals surface area contributed by atoms with Crippen LogP contribution in [0.15, 0.2) is 24.3 Å². The Morgan fingerprint density at radius 1 is 1.41 bits per heavy atom. The number of anilines is 1. The third-order valence-corrected chi connectivity index (χ3v) is 3.45. The summed E-state index contributed by atoms with van der Waals surface area (Å²) in [6.07, 6.45) is 0.405. The first kappa shape index (κ1) is 14.7. The highest BCUT2D eigenvalue weighted by Crippen LogP contribution is 2.18. The number of aryl methyl sites for hydroxylation is 1. The van der Waals surface area contributed by atoms with E-state index in [-0.39, 0.29) is 11.9 Å². The Balaban J connectivity index is 1.57. The van der Waals surface area contributed by atoms with Crippen LogP contribution in [0.3, 0.4) is 0 Å². The largest absolute Gasteiger partial charge is 0.378 e. The van der Waals surface area contributed by atoms with Gasteiger partial charge in [-0.3, -0.25) is 9.89 Å². The number of H-pyrrole nitrogens is 1. The van der Waals surface area contributed by atoms with Crippen molar-refractivity contribution in [2.75, 3.05) is 25.1 Å². The molecule has 0 spiro atoms. The van der Waals surface area contributed by atoms with Gasteiger partial charge in [0, 0.05) is 30.3 Å². The second-order valence-electron chi connectivity index (χ2n) is 5.30. The number of ether oxygens (including phenoxy) is 1. The molecular weight excluding hydrogens is 282 g/mol. The average Bonchev–Trinajstić information content (AvgIpc) is 2.95. The van der Waals surface area contributed by atoms with Gasteiger partial charge < -0.3 is 15.4 Å². The van der Waals surface area contributed by atoms with Gasteiger partial charge in [0.25, 0.3) is 0 Å². The summed E-state index contributed by atoms with van der Waals surface area (Å²) in [5.41, 5.74) is 1.67. The van der Waals surface area contributed by atoms with Gasteiger partial charge in [0.15, 0.2) is 5.82 Å². The van der Waals surface area contributed by atoms with Crippen molar-refractivity contribution in [2.24, 2.45) is 0 Å². The van der Waals surface area contributed by atoms with Gasteiger partial charge in [-0.15, -0.1) is 0 Å². The Morgan fingerprint density at radius 3 is 2.86 bits per heavy atom. The van der Waals surface area contributed by atoms with Crippen molar-refractivity contribution in [2.45, 2.75) is 19.4 Å². The minimum absolute atomic E-state index is 0.0236. The maximum Gasteiger partial charge on any atom is 0.226 e. The molecule has 0 saturated carbocycles. The van der Waals surface area contributed by atoms with Gasteiger partial charge in [-0.2, -0.15) is 5.10 Å². The summed E-state index contributed by atoms with van der Waals surface area (Å²) in [6.45, 7) is 3.94. The molecule has 1 aromatic carbocycles. The molecule has 1 unspecified atom stereocenters. The molecule has 22 heavy (non-hydrogen) atoms. The van der Waals surface area contributed by atoms with Crippen LogP contribution in [0.4, 0.5) is 5.69 Å². The lowest BCUT2D eigenvalue weighted by atomic mass is 10.1. The Labute approximate surface area is 128 Å². The maximum atomic E-state index is 12.0. The van der Waals surface area contributed by atoms with E-state index in [9.17, 15) is 4.79 Å². The van der Waals surface area contributed by atoms with Gasteiger partial charge in [-0.1, -0.05) is 0 Å². The van der Waals surface area contributed by atoms with Crippen molar-refractivity contribution < 1.29 is 9.53 Å². The van der Waals surface area contributed by atoms with Crippen LogP contribution in [0, 0.1) is 6.92 Å². The Bertz CT molecular complexity index is 632. The van der Waals surface area contributed by atoms with E-state index in [1.54, 1.807) is 0 Å². The number of benzene rings is 1. The molecule has 1 saturated heterocycles. The number of hydrogen-bond donors (Lipinski definition) is 3. The first-order valence-corrected chi connectivity index (χ1v) is 7.31. The van der Waals surface area contributed by atoms with Crippen LogP contribution in [-0.2, 0) is 9.53 Å². The smallest absolute Gasteiger partial charge is 0.226 e. The fraction of sp³-hybridized carbons (Fsp3) is 0.400. The van der Waals surface area contributed by atoms with Gasteiger partial charge in [0.2, 0.25) is 5.91 Å². The quantitative estimate of drug-likeness (QED) is 0.786. The Morgan fingerprint density at radius 2 is 2.23 bits per heavy atom. The molecule has 0 bridgehead atoms. The van der Waals surface area contributed by atoms with Gasteiger partial charge >= 0.3 is 0 Å². The van der Waals surface area contributed by atoms with Crippen LogP contribution in [0.2, 0.25) is 0 Å². The van der Waals surface area contributed by atoms with E-state index in [1.807, 2.05) is 31.2 Å². The van der Waals surface area contributed by atoms with Crippen molar-refractivity contribution in [3.05, 3.63) is 30.1 Å². The number of carbonyl (C=O) groups excluding carboxylic acids is 1. The third kappa shape index (κ3) is 3.69. The number of aromatic amines is 1. The second kappa shape index (κ2) is 6.67. The van der Waals surface area contributed by atoms with Crippen LogP contribution in [0.5, 0.6) is 0 Å². The number of aromatic nitrogens is 3. The predicted molar refractivity (Wildman–Crippen MR) is 82.4 cm³/mol. The van der Waals surface area contributed by atoms with Crippen LogP contribution in [0.25, 0.3) is 11.4 Å². The fourth-order valence-corrected chi connectivity index (χ4v) is 2.36. The molecule has 0 radical (unpaired) electrons. The van der Waals surface area contributed by atoms with Crippen molar-refractivity contribution in [1.29, 1.82) is 0 Å². The third-order valence-electron chi connectivity index (χ3n) is 3.45. The van der Waals surface area contributed by atoms with Crippen LogP contribution >= 0.6 is 0 Å². The molecule has 3 N–H and O–H groups in total. The van der Waals surface area contributed by atoms with Crippen LogP contribution in [0.1, 0.15) is 12.2 Å². The zero-order valence-electron chi connectivity index (χ0n) is 12.4. The minimum Gasteiger partial charge on any atom is -0.378 e. The lowest BCUT2D eigenvalue weighted by molar-refractivity contribution is -0.117. The monoisotopic (exact) mass is 301 g/mol. The Hall–Kier alpha value is -2.25. The van der Waals surface area contributed by atoms with Crippen LogP contribution < -0.4 is 10.6 Å². The summed E-state index contributed by atoms with van der Waals surface area (Å²) >= 11 is 0. The SMILES string of the molecule is Cc1nc(-c2ccc(NC(=O)CC3COCCN3)cc2)n[nH]1. The van der Waals surface area contributed by atoms with Crippen LogP contribution in [-0.4, -0.2) is 46.9 Å². The zero-order valence-corrected chi connectivity index (χ0v) is 12.4. The standard InChI is InChI=1S/C15H19N5O2/c1-10-17-15(20-19-10)11-2-4-12(5-3-11)18-14(21)8-13-9-22-7-6-16-13/h2-5,13,16H,6-9H2,1H3,(H,18,21)(H,17,19,20). The molecule has 1 aliphatic heterocycles. The molecule has 1 amide bonds. The first-order valence-electron chi connectivity index (χ1n) is 7.31. The molecule has 3 rings (SSSR count). The van der Waals surface area contributed by atoms with Gasteiger partial charge in [0.05, 0.1) is 13.2 Å². The van der Waals surface area contributed by atoms with Crippen molar-refractivity contribution in [1.82, 2.24) is 20.5 Å². The average molecular weight is 301 g/mol. The van der Waals surface area contributed by atoms with Crippen molar-refractivity contribution in [3.8, 4) is 11.4 Å². The summed E-state index contributed by atoms with van der Waals surface area (Å²) < 4.78 is 5.34. The Kier molecular flexibility index (Phi) is 4.45. The molecule has 7 nitrogen and oxygen atoms in total. The molecule has 2 aromatic rings. The zero-order chi connectivity index (χ0) is 15.4. The van der Waals surface area contributed by atoms with E-state index in [0.717, 1.165) is 23.6 Å². The number of rotatable bonds is 4. The molecule has 1 atom stereocenters. The van der Waals surface area contributed by atoms with Gasteiger partial charge in [-0.25, -0.2) is 4.98 Å². The maximum absolute atomic E-state index is 12.0. The van der Waals surface area contributed by atoms with E-state index in [4.69, 9.17) is 4.74 Å². The highest BCUT2D eigenvalue weighted by atomic mass is 16.5. The normalized spacial score (nSPS) is 18.1. The highest BCUT2D eigenvalue weighted by Gasteiger charge is 2.16. The van der Waals surface area contributed by atoms with E-state index < -0.39 is 0 Å². The molecule has 2 heterocycles. The molecular formula is C15H19N5O2. The van der Waals surface area contributed by atoms with E-state index in [0.29, 0.717) is 25.5 Å². The lowest BCUT2D eigenvalue weighted by Gasteiger charge is -2.23. The molecule has 0 aliphatic carbocycles. The predicted octanol–water partition coefficient (Wildman–Crippen LogP) is 1.10. The number of carbonyl (C=O) groups is 1. The number of nitrogens with zero attached hydrogens (tertiary/aromatic N) is 2. The minimum atomic E-state index is -0.0236. The van der Waals surface area contributed by atoms with E-state index in [2.05, 4.69) is 25.8 Å². The van der Waals surface area contributed by atoms with Crippen molar-refractivity contribution in [3.63, 3.8) is 0 Å². The summed E-state index contributed by atoms with van der Waals surface area (Å²) in [7, 11) is 0.